The molecule has 1 aromatic rings. The summed E-state index contributed by atoms with van der Waals surface area (Å²) >= 11 is 1.85. The number of rotatable bonds is 6. The molecule has 19 heavy (non-hydrogen) atoms. The van der Waals surface area contributed by atoms with Crippen molar-refractivity contribution in [3.05, 3.63) is 21.4 Å². The monoisotopic (exact) mass is 280 g/mol. The van der Waals surface area contributed by atoms with Crippen LogP contribution in [-0.2, 0) is 24.2 Å². The van der Waals surface area contributed by atoms with E-state index in [1.54, 1.807) is 0 Å². The van der Waals surface area contributed by atoms with Crippen LogP contribution >= 0.6 is 11.3 Å². The van der Waals surface area contributed by atoms with E-state index in [0.717, 1.165) is 12.8 Å². The van der Waals surface area contributed by atoms with Crippen LogP contribution in [0.2, 0.25) is 0 Å². The number of thiophene rings is 1. The fourth-order valence-electron chi connectivity index (χ4n) is 2.79. The van der Waals surface area contributed by atoms with E-state index in [2.05, 4.69) is 11.4 Å². The van der Waals surface area contributed by atoms with E-state index in [1.165, 1.54) is 34.6 Å². The fourth-order valence-corrected chi connectivity index (χ4v) is 3.99. The molecule has 0 saturated heterocycles. The Balaban J connectivity index is 1.95. The van der Waals surface area contributed by atoms with Crippen LogP contribution in [0.4, 0.5) is 0 Å². The third kappa shape index (κ3) is 2.84. The molecule has 3 N–H and O–H groups in total. The molecule has 0 aliphatic heterocycles. The average Bonchev–Trinajstić information content (AvgIpc) is 2.99. The van der Waals surface area contributed by atoms with Gasteiger partial charge in [-0.2, -0.15) is 0 Å². The predicted molar refractivity (Wildman–Crippen MR) is 80.3 cm³/mol. The molecule has 1 amide bonds. The molecule has 1 heterocycles. The largest absolute Gasteiger partial charge is 0.351 e. The molecule has 0 saturated carbocycles. The lowest BCUT2D eigenvalue weighted by Crippen LogP contribution is -2.44. The summed E-state index contributed by atoms with van der Waals surface area (Å²) in [5.74, 6) is 0.105. The second kappa shape index (κ2) is 6.06. The van der Waals surface area contributed by atoms with Crippen molar-refractivity contribution in [1.29, 1.82) is 0 Å². The highest BCUT2D eigenvalue weighted by Crippen LogP contribution is 2.31. The van der Waals surface area contributed by atoms with Gasteiger partial charge in [0.15, 0.2) is 0 Å². The number of amides is 1. The van der Waals surface area contributed by atoms with Crippen molar-refractivity contribution in [3.8, 4) is 0 Å². The molecular weight excluding hydrogens is 256 g/mol. The number of fused-ring (bicyclic) bond motifs is 1. The topological polar surface area (TPSA) is 55.1 Å². The molecule has 0 radical (unpaired) electrons. The van der Waals surface area contributed by atoms with Crippen LogP contribution in [0.25, 0.3) is 0 Å². The smallest absolute Gasteiger partial charge is 0.227 e. The summed E-state index contributed by atoms with van der Waals surface area (Å²) < 4.78 is 0. The van der Waals surface area contributed by atoms with Crippen LogP contribution < -0.4 is 11.1 Å². The number of nitrogens with one attached hydrogen (secondary N) is 1. The van der Waals surface area contributed by atoms with Crippen LogP contribution in [0, 0.1) is 5.41 Å². The van der Waals surface area contributed by atoms with Crippen molar-refractivity contribution in [3.63, 3.8) is 0 Å². The van der Waals surface area contributed by atoms with E-state index in [9.17, 15) is 4.79 Å². The lowest BCUT2D eigenvalue weighted by Gasteiger charge is -2.28. The molecule has 2 rings (SSSR count). The summed E-state index contributed by atoms with van der Waals surface area (Å²) in [5, 5.41) is 3.07. The van der Waals surface area contributed by atoms with Crippen molar-refractivity contribution < 1.29 is 4.79 Å². The van der Waals surface area contributed by atoms with Crippen molar-refractivity contribution in [2.75, 3.05) is 6.54 Å². The SMILES string of the molecule is CCC(CC)(CN)C(=O)NCc1cc2c(s1)CCC2. The fraction of sp³-hybridized carbons (Fsp3) is 0.667. The third-order valence-corrected chi connectivity index (χ3v) is 5.68. The molecule has 1 aromatic heterocycles. The number of carbonyl (C=O) groups excluding carboxylic acids is 1. The maximum Gasteiger partial charge on any atom is 0.227 e. The Kier molecular flexibility index (Phi) is 4.63. The molecule has 106 valence electrons. The molecule has 0 unspecified atom stereocenters. The number of hydrogen-bond acceptors (Lipinski definition) is 3. The predicted octanol–water partition coefficient (Wildman–Crippen LogP) is 2.62. The summed E-state index contributed by atoms with van der Waals surface area (Å²) in [6.45, 7) is 5.15. The van der Waals surface area contributed by atoms with E-state index in [0.29, 0.717) is 13.1 Å². The van der Waals surface area contributed by atoms with Gasteiger partial charge in [-0.1, -0.05) is 13.8 Å². The molecule has 1 aliphatic carbocycles. The molecule has 0 fully saturated rings. The Morgan fingerprint density at radius 3 is 2.74 bits per heavy atom. The molecule has 3 nitrogen and oxygen atoms in total. The van der Waals surface area contributed by atoms with Crippen molar-refractivity contribution in [2.45, 2.75) is 52.5 Å². The quantitative estimate of drug-likeness (QED) is 0.841. The molecule has 0 aromatic carbocycles. The zero-order valence-corrected chi connectivity index (χ0v) is 12.7. The summed E-state index contributed by atoms with van der Waals surface area (Å²) in [6.07, 6.45) is 5.30. The maximum absolute atomic E-state index is 12.3. The molecule has 0 bridgehead atoms. The lowest BCUT2D eigenvalue weighted by atomic mass is 9.81. The zero-order chi connectivity index (χ0) is 13.9. The first-order valence-electron chi connectivity index (χ1n) is 7.24. The van der Waals surface area contributed by atoms with Crippen LogP contribution in [0.15, 0.2) is 6.07 Å². The van der Waals surface area contributed by atoms with E-state index in [-0.39, 0.29) is 11.3 Å². The normalized spacial score (nSPS) is 14.5. The second-order valence-electron chi connectivity index (χ2n) is 5.39. The van der Waals surface area contributed by atoms with Crippen molar-refractivity contribution in [2.24, 2.45) is 11.1 Å². The highest BCUT2D eigenvalue weighted by Gasteiger charge is 2.33. The Labute approximate surface area is 119 Å². The van der Waals surface area contributed by atoms with E-state index >= 15 is 0 Å². The van der Waals surface area contributed by atoms with Gasteiger partial charge >= 0.3 is 0 Å². The van der Waals surface area contributed by atoms with Gasteiger partial charge in [0.05, 0.1) is 12.0 Å². The van der Waals surface area contributed by atoms with Gasteiger partial charge in [-0.3, -0.25) is 4.79 Å². The lowest BCUT2D eigenvalue weighted by molar-refractivity contribution is -0.131. The Morgan fingerprint density at radius 1 is 1.42 bits per heavy atom. The first-order valence-corrected chi connectivity index (χ1v) is 8.05. The van der Waals surface area contributed by atoms with E-state index in [4.69, 9.17) is 5.73 Å². The van der Waals surface area contributed by atoms with E-state index in [1.807, 2.05) is 25.2 Å². The molecule has 0 spiro atoms. The molecule has 1 aliphatic rings. The number of hydrogen-bond donors (Lipinski definition) is 2. The van der Waals surface area contributed by atoms with Gasteiger partial charge in [0, 0.05) is 16.3 Å². The Morgan fingerprint density at radius 2 is 2.16 bits per heavy atom. The molecule has 0 atom stereocenters. The van der Waals surface area contributed by atoms with Gasteiger partial charge in [0.1, 0.15) is 0 Å². The Bertz CT molecular complexity index is 419. The van der Waals surface area contributed by atoms with E-state index < -0.39 is 0 Å². The minimum Gasteiger partial charge on any atom is -0.351 e. The van der Waals surface area contributed by atoms with Gasteiger partial charge in [0.2, 0.25) is 5.91 Å². The average molecular weight is 280 g/mol. The minimum absolute atomic E-state index is 0.105. The first kappa shape index (κ1) is 14.5. The van der Waals surface area contributed by atoms with Gasteiger partial charge in [-0.15, -0.1) is 11.3 Å². The number of aryl methyl sites for hydroxylation is 2. The van der Waals surface area contributed by atoms with Crippen LogP contribution in [0.5, 0.6) is 0 Å². The highest BCUT2D eigenvalue weighted by atomic mass is 32.1. The number of carbonyl (C=O) groups is 1. The van der Waals surface area contributed by atoms with Gasteiger partial charge in [-0.25, -0.2) is 0 Å². The van der Waals surface area contributed by atoms with Crippen molar-refractivity contribution in [1.82, 2.24) is 5.32 Å². The van der Waals surface area contributed by atoms with Gasteiger partial charge in [0.25, 0.3) is 0 Å². The van der Waals surface area contributed by atoms with Crippen LogP contribution in [0.1, 0.15) is 48.4 Å². The summed E-state index contributed by atoms with van der Waals surface area (Å²) in [6, 6.07) is 2.26. The van der Waals surface area contributed by atoms with Gasteiger partial charge < -0.3 is 11.1 Å². The van der Waals surface area contributed by atoms with Crippen molar-refractivity contribution >= 4 is 17.2 Å². The van der Waals surface area contributed by atoms with Crippen LogP contribution in [-0.4, -0.2) is 12.5 Å². The van der Waals surface area contributed by atoms with Crippen LogP contribution in [0.3, 0.4) is 0 Å². The minimum atomic E-state index is -0.389. The summed E-state index contributed by atoms with van der Waals surface area (Å²) in [4.78, 5) is 15.1. The maximum atomic E-state index is 12.3. The molecular formula is C15H24N2OS. The highest BCUT2D eigenvalue weighted by molar-refractivity contribution is 7.12. The Hall–Kier alpha value is -0.870. The number of nitrogens with two attached hydrogens (primary N) is 1. The second-order valence-corrected chi connectivity index (χ2v) is 6.61. The zero-order valence-electron chi connectivity index (χ0n) is 11.9. The summed E-state index contributed by atoms with van der Waals surface area (Å²) in [5.41, 5.74) is 6.90. The standard InChI is InChI=1S/C15H24N2OS/c1-3-15(4-2,10-16)14(18)17-9-12-8-11-6-5-7-13(11)19-12/h8H,3-7,9-10,16H2,1-2H3,(H,17,18). The van der Waals surface area contributed by atoms with Gasteiger partial charge in [-0.05, 0) is 43.7 Å². The first-order chi connectivity index (χ1) is 9.15. The molecule has 4 heteroatoms. The third-order valence-electron chi connectivity index (χ3n) is 4.45. The summed E-state index contributed by atoms with van der Waals surface area (Å²) in [7, 11) is 0.